The number of anilines is 2. The third kappa shape index (κ3) is 5.57. The molecular formula is C16H17N3O5S. The molecule has 0 aliphatic heterocycles. The lowest BCUT2D eigenvalue weighted by Crippen LogP contribution is -2.15. The molecule has 2 rings (SSSR count). The maximum Gasteiger partial charge on any atom is 0.413 e. The van der Waals surface area contributed by atoms with Crippen molar-refractivity contribution in [1.82, 2.24) is 4.98 Å². The molecule has 0 fully saturated rings. The Hall–Kier alpha value is -2.94. The quantitative estimate of drug-likeness (QED) is 0.764. The average molecular weight is 363 g/mol. The van der Waals surface area contributed by atoms with Crippen LogP contribution >= 0.6 is 11.3 Å². The zero-order valence-electron chi connectivity index (χ0n) is 13.7. The van der Waals surface area contributed by atoms with E-state index in [9.17, 15) is 14.4 Å². The molecule has 1 aromatic heterocycles. The molecule has 2 aromatic rings. The van der Waals surface area contributed by atoms with Crippen molar-refractivity contribution in [2.45, 2.75) is 13.3 Å². The third-order valence-electron chi connectivity index (χ3n) is 2.97. The fourth-order valence-corrected chi connectivity index (χ4v) is 2.57. The van der Waals surface area contributed by atoms with E-state index >= 15 is 0 Å². The Balaban J connectivity index is 1.89. The van der Waals surface area contributed by atoms with Crippen molar-refractivity contribution in [3.8, 4) is 0 Å². The number of thiazole rings is 1. The molecule has 0 radical (unpaired) electrons. The molecule has 0 bridgehead atoms. The number of esters is 1. The van der Waals surface area contributed by atoms with E-state index in [1.807, 2.05) is 0 Å². The second-order valence-corrected chi connectivity index (χ2v) is 5.64. The topological polar surface area (TPSA) is 107 Å². The van der Waals surface area contributed by atoms with E-state index in [1.165, 1.54) is 18.4 Å². The molecule has 0 unspecified atom stereocenters. The monoisotopic (exact) mass is 363 g/mol. The van der Waals surface area contributed by atoms with Gasteiger partial charge in [0.25, 0.3) is 0 Å². The van der Waals surface area contributed by atoms with Gasteiger partial charge in [0.05, 0.1) is 31.4 Å². The summed E-state index contributed by atoms with van der Waals surface area (Å²) in [5.41, 5.74) is 1.48. The van der Waals surface area contributed by atoms with Gasteiger partial charge in [0.1, 0.15) is 0 Å². The smallest absolute Gasteiger partial charge is 0.413 e. The van der Waals surface area contributed by atoms with Crippen LogP contribution in [0.1, 0.15) is 23.0 Å². The number of carbonyl (C=O) groups excluding carboxylic acids is 3. The number of methoxy groups -OCH3 is 1. The lowest BCUT2D eigenvalue weighted by molar-refractivity contribution is -0.115. The van der Waals surface area contributed by atoms with E-state index in [-0.39, 0.29) is 18.9 Å². The van der Waals surface area contributed by atoms with Crippen LogP contribution in [0.2, 0.25) is 0 Å². The van der Waals surface area contributed by atoms with Gasteiger partial charge < -0.3 is 14.8 Å². The molecular weight excluding hydrogens is 346 g/mol. The Kier molecular flexibility index (Phi) is 6.47. The number of carbonyl (C=O) groups is 3. The second kappa shape index (κ2) is 8.78. The van der Waals surface area contributed by atoms with Crippen LogP contribution in [0, 0.1) is 0 Å². The molecule has 2 amide bonds. The zero-order valence-corrected chi connectivity index (χ0v) is 14.5. The molecule has 0 aliphatic carbocycles. The number of aromatic nitrogens is 1. The molecule has 0 spiro atoms. The molecule has 2 N–H and O–H groups in total. The lowest BCUT2D eigenvalue weighted by Gasteiger charge is -2.05. The second-order valence-electron chi connectivity index (χ2n) is 4.78. The predicted octanol–water partition coefficient (Wildman–Crippen LogP) is 2.68. The first kappa shape index (κ1) is 18.4. The molecule has 9 heteroatoms. The van der Waals surface area contributed by atoms with Crippen molar-refractivity contribution in [1.29, 1.82) is 0 Å². The van der Waals surface area contributed by atoms with Crippen molar-refractivity contribution in [2.24, 2.45) is 0 Å². The van der Waals surface area contributed by atoms with Crippen LogP contribution in [-0.4, -0.2) is 36.7 Å². The summed E-state index contributed by atoms with van der Waals surface area (Å²) in [5.74, 6) is -0.708. The highest BCUT2D eigenvalue weighted by Gasteiger charge is 2.11. The minimum absolute atomic E-state index is 0.0553. The number of benzene rings is 1. The van der Waals surface area contributed by atoms with Crippen molar-refractivity contribution >= 4 is 40.1 Å². The van der Waals surface area contributed by atoms with Crippen LogP contribution in [0.25, 0.3) is 0 Å². The maximum absolute atomic E-state index is 12.0. The number of amides is 2. The summed E-state index contributed by atoms with van der Waals surface area (Å²) in [7, 11) is 1.30. The molecule has 0 atom stereocenters. The van der Waals surface area contributed by atoms with Crippen LogP contribution in [-0.2, 0) is 20.7 Å². The fraction of sp³-hybridized carbons (Fsp3) is 0.250. The molecule has 132 valence electrons. The fourth-order valence-electron chi connectivity index (χ4n) is 1.88. The van der Waals surface area contributed by atoms with E-state index in [2.05, 4.69) is 20.4 Å². The van der Waals surface area contributed by atoms with Gasteiger partial charge in [-0.1, -0.05) is 0 Å². The maximum atomic E-state index is 12.0. The molecule has 0 aliphatic rings. The molecule has 1 heterocycles. The van der Waals surface area contributed by atoms with Crippen LogP contribution < -0.4 is 10.6 Å². The molecule has 1 aromatic carbocycles. The normalized spacial score (nSPS) is 10.0. The predicted molar refractivity (Wildman–Crippen MR) is 92.9 cm³/mol. The van der Waals surface area contributed by atoms with E-state index < -0.39 is 12.1 Å². The van der Waals surface area contributed by atoms with E-state index in [1.54, 1.807) is 36.6 Å². The Morgan fingerprint density at radius 2 is 1.88 bits per heavy atom. The van der Waals surface area contributed by atoms with E-state index in [4.69, 9.17) is 4.74 Å². The van der Waals surface area contributed by atoms with Gasteiger partial charge >= 0.3 is 12.1 Å². The first-order valence-corrected chi connectivity index (χ1v) is 8.26. The summed E-state index contributed by atoms with van der Waals surface area (Å²) in [5, 5.41) is 7.23. The average Bonchev–Trinajstić information content (AvgIpc) is 3.01. The number of ether oxygens (including phenoxy) is 2. The minimum atomic E-state index is -0.585. The van der Waals surface area contributed by atoms with Crippen LogP contribution in [0.4, 0.5) is 15.6 Å². The summed E-state index contributed by atoms with van der Waals surface area (Å²) in [6, 6.07) is 6.34. The molecule has 0 saturated heterocycles. The highest BCUT2D eigenvalue weighted by molar-refractivity contribution is 7.13. The number of rotatable bonds is 6. The van der Waals surface area contributed by atoms with Gasteiger partial charge in [-0.2, -0.15) is 0 Å². The van der Waals surface area contributed by atoms with Gasteiger partial charge in [-0.15, -0.1) is 11.3 Å². The lowest BCUT2D eigenvalue weighted by atomic mass is 10.2. The van der Waals surface area contributed by atoms with E-state index in [0.29, 0.717) is 22.1 Å². The van der Waals surface area contributed by atoms with E-state index in [0.717, 1.165) is 0 Å². The van der Waals surface area contributed by atoms with Crippen LogP contribution in [0.5, 0.6) is 0 Å². The van der Waals surface area contributed by atoms with Gasteiger partial charge in [-0.25, -0.2) is 14.6 Å². The largest absolute Gasteiger partial charge is 0.465 e. The highest BCUT2D eigenvalue weighted by Crippen LogP contribution is 2.17. The number of hydrogen-bond acceptors (Lipinski definition) is 7. The van der Waals surface area contributed by atoms with Crippen molar-refractivity contribution in [3.63, 3.8) is 0 Å². The van der Waals surface area contributed by atoms with Gasteiger partial charge in [0.15, 0.2) is 5.13 Å². The highest BCUT2D eigenvalue weighted by atomic mass is 32.1. The first-order valence-electron chi connectivity index (χ1n) is 7.38. The molecule has 8 nitrogen and oxygen atoms in total. The Morgan fingerprint density at radius 1 is 1.16 bits per heavy atom. The van der Waals surface area contributed by atoms with Gasteiger partial charge in [-0.3, -0.25) is 10.1 Å². The van der Waals surface area contributed by atoms with Gasteiger partial charge in [0.2, 0.25) is 5.91 Å². The summed E-state index contributed by atoms with van der Waals surface area (Å²) >= 11 is 1.21. The Labute approximate surface area is 148 Å². The van der Waals surface area contributed by atoms with Gasteiger partial charge in [0, 0.05) is 11.1 Å². The van der Waals surface area contributed by atoms with Crippen molar-refractivity contribution in [3.05, 3.63) is 40.9 Å². The SMILES string of the molecule is CCOC(=O)Nc1nc(CC(=O)Nc2ccc(C(=O)OC)cc2)cs1. The number of hydrogen-bond donors (Lipinski definition) is 2. The molecule has 0 saturated carbocycles. The van der Waals surface area contributed by atoms with Crippen LogP contribution in [0.15, 0.2) is 29.6 Å². The summed E-state index contributed by atoms with van der Waals surface area (Å²) in [6.07, 6.45) is -0.529. The van der Waals surface area contributed by atoms with Crippen molar-refractivity contribution in [2.75, 3.05) is 24.4 Å². The zero-order chi connectivity index (χ0) is 18.2. The summed E-state index contributed by atoms with van der Waals surface area (Å²) in [6.45, 7) is 1.97. The Morgan fingerprint density at radius 3 is 2.52 bits per heavy atom. The summed E-state index contributed by atoms with van der Waals surface area (Å²) < 4.78 is 9.36. The van der Waals surface area contributed by atoms with Crippen LogP contribution in [0.3, 0.4) is 0 Å². The molecule has 25 heavy (non-hydrogen) atoms. The van der Waals surface area contributed by atoms with Crippen molar-refractivity contribution < 1.29 is 23.9 Å². The summed E-state index contributed by atoms with van der Waals surface area (Å²) in [4.78, 5) is 38.8. The Bertz CT molecular complexity index is 757. The number of nitrogens with zero attached hydrogens (tertiary/aromatic N) is 1. The number of nitrogens with one attached hydrogen (secondary N) is 2. The minimum Gasteiger partial charge on any atom is -0.465 e. The standard InChI is InChI=1S/C16H17N3O5S/c1-3-24-16(22)19-15-18-12(9-25-15)8-13(20)17-11-6-4-10(5-7-11)14(21)23-2/h4-7,9H,3,8H2,1-2H3,(H,17,20)(H,18,19,22). The first-order chi connectivity index (χ1) is 12.0. The third-order valence-corrected chi connectivity index (χ3v) is 3.77. The van der Waals surface area contributed by atoms with Gasteiger partial charge in [-0.05, 0) is 31.2 Å².